The molecule has 0 unspecified atom stereocenters. The Morgan fingerprint density at radius 1 is 1.57 bits per heavy atom. The number of aryl methyl sites for hydroxylation is 1. The molecule has 0 bridgehead atoms. The average molecular weight is 423 g/mol. The van der Waals surface area contributed by atoms with Crippen LogP contribution in [0, 0.1) is 14.2 Å². The normalized spacial score (nSPS) is 11.0. The summed E-state index contributed by atoms with van der Waals surface area (Å²) in [7, 11) is 1.58. The van der Waals surface area contributed by atoms with Crippen LogP contribution in [0.5, 0.6) is 0 Å². The minimum Gasteiger partial charge on any atom is -0.383 e. The maximum absolute atomic E-state index is 13.7. The number of amides is 1. The first-order valence-electron chi connectivity index (χ1n) is 6.36. The Bertz CT molecular complexity index is 713. The second-order valence-electron chi connectivity index (χ2n) is 4.46. The maximum atomic E-state index is 13.7. The Labute approximate surface area is 140 Å². The van der Waals surface area contributed by atoms with Gasteiger partial charge >= 0.3 is 0 Å². The van der Waals surface area contributed by atoms with Crippen LogP contribution in [0.3, 0.4) is 0 Å². The summed E-state index contributed by atoms with van der Waals surface area (Å²) in [6.45, 7) is 1.35. The zero-order valence-corrected chi connectivity index (χ0v) is 14.4. The summed E-state index contributed by atoms with van der Waals surface area (Å²) < 4.78 is 21.3. The summed E-state index contributed by atoms with van der Waals surface area (Å²) in [5.41, 5.74) is 1.44. The van der Waals surface area contributed by atoms with Crippen molar-refractivity contribution in [3.8, 4) is 0 Å². The lowest BCUT2D eigenvalue weighted by Crippen LogP contribution is -2.27. The van der Waals surface area contributed by atoms with Crippen LogP contribution in [-0.4, -0.2) is 35.7 Å². The summed E-state index contributed by atoms with van der Waals surface area (Å²) in [5.74, 6) is -0.385. The number of rotatable bonds is 6. The summed E-state index contributed by atoms with van der Waals surface area (Å²) in [4.78, 5) is 14.7. The molecule has 0 radical (unpaired) electrons. The van der Waals surface area contributed by atoms with Gasteiger partial charge in [-0.2, -0.15) is 0 Å². The van der Waals surface area contributed by atoms with Crippen LogP contribution in [0.15, 0.2) is 12.1 Å². The van der Waals surface area contributed by atoms with Gasteiger partial charge in [-0.05, 0) is 40.9 Å². The maximum Gasteiger partial charge on any atom is 0.221 e. The fourth-order valence-corrected chi connectivity index (χ4v) is 2.73. The summed E-state index contributed by atoms with van der Waals surface area (Å²) in [5, 5.41) is 2.74. The predicted octanol–water partition coefficient (Wildman–Crippen LogP) is 2.60. The van der Waals surface area contributed by atoms with Crippen LogP contribution in [0.1, 0.15) is 6.42 Å². The van der Waals surface area contributed by atoms with Crippen LogP contribution in [0.2, 0.25) is 0 Å². The predicted molar refractivity (Wildman–Crippen MR) is 89.3 cm³/mol. The zero-order valence-electron chi connectivity index (χ0n) is 11.4. The van der Waals surface area contributed by atoms with Crippen molar-refractivity contribution in [2.75, 3.05) is 20.3 Å². The second kappa shape index (κ2) is 7.32. The average Bonchev–Trinajstić information content (AvgIpc) is 2.72. The van der Waals surface area contributed by atoms with Crippen LogP contribution in [0.25, 0.3) is 11.0 Å². The third-order valence-electron chi connectivity index (χ3n) is 3.01. The van der Waals surface area contributed by atoms with Crippen LogP contribution in [0.4, 0.5) is 4.39 Å². The minimum absolute atomic E-state index is 0.0886. The molecule has 0 saturated carbocycles. The van der Waals surface area contributed by atoms with E-state index >= 15 is 0 Å². The molecule has 0 saturated heterocycles. The fraction of sp³-hybridized carbons (Fsp3) is 0.385. The molecule has 1 amide bonds. The molecule has 1 heterocycles. The number of ether oxygens (including phenoxy) is 1. The summed E-state index contributed by atoms with van der Waals surface area (Å²) in [6.07, 6.45) is 0.276. The molecule has 0 aliphatic carbocycles. The number of nitrogens with one attached hydrogen (secondary N) is 2. The highest BCUT2D eigenvalue weighted by Gasteiger charge is 2.10. The van der Waals surface area contributed by atoms with Crippen molar-refractivity contribution in [3.05, 3.63) is 26.3 Å². The Balaban J connectivity index is 2.12. The number of benzene rings is 1. The zero-order chi connectivity index (χ0) is 15.4. The van der Waals surface area contributed by atoms with Gasteiger partial charge in [0.25, 0.3) is 0 Å². The van der Waals surface area contributed by atoms with E-state index in [1.165, 1.54) is 6.07 Å². The highest BCUT2D eigenvalue weighted by Crippen LogP contribution is 2.20. The summed E-state index contributed by atoms with van der Waals surface area (Å²) >= 11 is 7.16. The van der Waals surface area contributed by atoms with E-state index in [9.17, 15) is 9.18 Å². The third kappa shape index (κ3) is 4.01. The highest BCUT2D eigenvalue weighted by molar-refractivity contribution is 14.1. The first-order valence-corrected chi connectivity index (χ1v) is 7.85. The van der Waals surface area contributed by atoms with Gasteiger partial charge in [0.05, 0.1) is 21.2 Å². The van der Waals surface area contributed by atoms with Crippen molar-refractivity contribution in [2.45, 2.75) is 13.0 Å². The van der Waals surface area contributed by atoms with E-state index in [2.05, 4.69) is 10.3 Å². The van der Waals surface area contributed by atoms with E-state index in [1.54, 1.807) is 17.7 Å². The molecule has 0 atom stereocenters. The molecule has 0 aliphatic rings. The number of imidazole rings is 1. The van der Waals surface area contributed by atoms with Gasteiger partial charge in [-0.1, -0.05) is 0 Å². The number of hydrogen-bond acceptors (Lipinski definition) is 3. The number of nitrogens with zero attached hydrogens (tertiary/aromatic N) is 1. The van der Waals surface area contributed by atoms with Crippen molar-refractivity contribution in [1.82, 2.24) is 14.9 Å². The van der Waals surface area contributed by atoms with Crippen molar-refractivity contribution in [3.63, 3.8) is 0 Å². The Morgan fingerprint density at radius 3 is 3.05 bits per heavy atom. The van der Waals surface area contributed by atoms with Crippen molar-refractivity contribution in [2.24, 2.45) is 0 Å². The molecule has 5 nitrogen and oxygen atoms in total. The molecule has 0 fully saturated rings. The minimum atomic E-state index is -0.296. The number of aromatic amines is 1. The third-order valence-corrected chi connectivity index (χ3v) is 4.16. The second-order valence-corrected chi connectivity index (χ2v) is 6.01. The molecular formula is C13H15FIN3O2S. The highest BCUT2D eigenvalue weighted by atomic mass is 127. The van der Waals surface area contributed by atoms with Crippen LogP contribution in [-0.2, 0) is 16.1 Å². The number of hydrogen-bond donors (Lipinski definition) is 2. The van der Waals surface area contributed by atoms with E-state index in [0.29, 0.717) is 33.6 Å². The van der Waals surface area contributed by atoms with E-state index in [1.807, 2.05) is 22.6 Å². The summed E-state index contributed by atoms with van der Waals surface area (Å²) in [6, 6.07) is 3.14. The Hall–Kier alpha value is -1.00. The van der Waals surface area contributed by atoms with Gasteiger partial charge in [0.15, 0.2) is 4.77 Å². The number of aromatic nitrogens is 2. The molecule has 2 N–H and O–H groups in total. The van der Waals surface area contributed by atoms with E-state index < -0.39 is 0 Å². The van der Waals surface area contributed by atoms with Gasteiger partial charge in [-0.25, -0.2) is 4.39 Å². The number of carbonyl (C=O) groups is 1. The van der Waals surface area contributed by atoms with Gasteiger partial charge in [0.1, 0.15) is 5.82 Å². The van der Waals surface area contributed by atoms with E-state index in [4.69, 9.17) is 17.0 Å². The monoisotopic (exact) mass is 423 g/mol. The smallest absolute Gasteiger partial charge is 0.221 e. The number of carbonyl (C=O) groups excluding carboxylic acids is 1. The SMILES string of the molecule is COCCNC(=O)CCn1c(=S)[nH]c2cc(I)c(F)cc21. The molecular weight excluding hydrogens is 408 g/mol. The van der Waals surface area contributed by atoms with Crippen molar-refractivity contribution < 1.29 is 13.9 Å². The molecule has 8 heteroatoms. The lowest BCUT2D eigenvalue weighted by molar-refractivity contribution is -0.121. The molecule has 2 aromatic rings. The van der Waals surface area contributed by atoms with Gasteiger partial charge in [-0.15, -0.1) is 0 Å². The topological polar surface area (TPSA) is 59.0 Å². The van der Waals surface area contributed by atoms with Gasteiger partial charge < -0.3 is 19.6 Å². The molecule has 114 valence electrons. The van der Waals surface area contributed by atoms with Crippen molar-refractivity contribution in [1.29, 1.82) is 0 Å². The number of H-pyrrole nitrogens is 1. The van der Waals surface area contributed by atoms with Gasteiger partial charge in [0, 0.05) is 32.7 Å². The first-order chi connectivity index (χ1) is 10.0. The fourth-order valence-electron chi connectivity index (χ4n) is 1.97. The number of methoxy groups -OCH3 is 1. The number of fused-ring (bicyclic) bond motifs is 1. The Morgan fingerprint density at radius 2 is 2.33 bits per heavy atom. The Kier molecular flexibility index (Phi) is 5.71. The van der Waals surface area contributed by atoms with Crippen LogP contribution >= 0.6 is 34.8 Å². The van der Waals surface area contributed by atoms with Gasteiger partial charge in [-0.3, -0.25) is 4.79 Å². The molecule has 1 aromatic heterocycles. The van der Waals surface area contributed by atoms with Crippen molar-refractivity contribution >= 4 is 51.7 Å². The quantitative estimate of drug-likeness (QED) is 0.427. The largest absolute Gasteiger partial charge is 0.383 e. The molecule has 0 aliphatic heterocycles. The standard InChI is InChI=1S/C13H15FIN3O2S/c1-20-5-3-16-12(19)2-4-18-11-6-8(14)9(15)7-10(11)17-13(18)21/h6-7H,2-5H2,1H3,(H,16,19)(H,17,21). The lowest BCUT2D eigenvalue weighted by atomic mass is 10.3. The number of halogens is 2. The molecule has 0 spiro atoms. The first kappa shape index (κ1) is 16.4. The van der Waals surface area contributed by atoms with E-state index in [0.717, 1.165) is 5.52 Å². The van der Waals surface area contributed by atoms with Gasteiger partial charge in [0.2, 0.25) is 5.91 Å². The molecule has 1 aromatic carbocycles. The van der Waals surface area contributed by atoms with Crippen LogP contribution < -0.4 is 5.32 Å². The molecule has 2 rings (SSSR count). The molecule has 21 heavy (non-hydrogen) atoms. The lowest BCUT2D eigenvalue weighted by Gasteiger charge is -2.06. The van der Waals surface area contributed by atoms with E-state index in [-0.39, 0.29) is 18.1 Å².